The summed E-state index contributed by atoms with van der Waals surface area (Å²) in [6.07, 6.45) is 5.50. The fourth-order valence-electron chi connectivity index (χ4n) is 2.02. The van der Waals surface area contributed by atoms with Crippen LogP contribution in [0.5, 0.6) is 0 Å². The van der Waals surface area contributed by atoms with Crippen molar-refractivity contribution in [2.45, 2.75) is 32.6 Å². The Balaban J connectivity index is 1.79. The van der Waals surface area contributed by atoms with Gasteiger partial charge in [-0.2, -0.15) is 0 Å². The van der Waals surface area contributed by atoms with Crippen LogP contribution in [0.2, 0.25) is 0 Å². The average molecular weight is 214 g/mol. The molecule has 0 unspecified atom stereocenters. The summed E-state index contributed by atoms with van der Waals surface area (Å²) in [5.41, 5.74) is 0. The summed E-state index contributed by atoms with van der Waals surface area (Å²) in [4.78, 5) is 2.59. The maximum Gasteiger partial charge on any atom is 0.0590 e. The summed E-state index contributed by atoms with van der Waals surface area (Å²) in [7, 11) is 0. The third-order valence-electron chi connectivity index (χ3n) is 2.90. The molecule has 0 bridgehead atoms. The number of likely N-dealkylation sites (tertiary alicyclic amines) is 1. The second kappa shape index (κ2) is 9.13. The van der Waals surface area contributed by atoms with E-state index in [2.05, 4.69) is 10.2 Å². The van der Waals surface area contributed by atoms with Crippen LogP contribution in [0.1, 0.15) is 32.6 Å². The van der Waals surface area contributed by atoms with Gasteiger partial charge < -0.3 is 15.0 Å². The van der Waals surface area contributed by atoms with Crippen LogP contribution in [0.15, 0.2) is 0 Å². The molecule has 90 valence electrons. The summed E-state index contributed by atoms with van der Waals surface area (Å²) < 4.78 is 5.26. The van der Waals surface area contributed by atoms with Crippen LogP contribution in [-0.2, 0) is 4.74 Å². The van der Waals surface area contributed by atoms with Crippen LogP contribution < -0.4 is 5.32 Å². The Morgan fingerprint density at radius 1 is 1.13 bits per heavy atom. The summed E-state index contributed by atoms with van der Waals surface area (Å²) in [5.74, 6) is 0. The molecule has 0 aromatic carbocycles. The first kappa shape index (κ1) is 12.9. The number of nitrogens with one attached hydrogen (secondary N) is 1. The molecule has 1 aliphatic heterocycles. The van der Waals surface area contributed by atoms with E-state index in [1.807, 2.05) is 6.92 Å². The van der Waals surface area contributed by atoms with E-state index in [1.165, 1.54) is 45.3 Å². The molecular weight excluding hydrogens is 188 g/mol. The molecule has 1 N–H and O–H groups in total. The molecule has 0 aliphatic carbocycles. The van der Waals surface area contributed by atoms with Crippen LogP contribution in [0.25, 0.3) is 0 Å². The Morgan fingerprint density at radius 2 is 1.93 bits per heavy atom. The lowest BCUT2D eigenvalue weighted by molar-refractivity contribution is 0.148. The van der Waals surface area contributed by atoms with Crippen LogP contribution in [0, 0.1) is 0 Å². The van der Waals surface area contributed by atoms with E-state index in [-0.39, 0.29) is 0 Å². The van der Waals surface area contributed by atoms with E-state index < -0.39 is 0 Å². The van der Waals surface area contributed by atoms with Gasteiger partial charge in [0.25, 0.3) is 0 Å². The van der Waals surface area contributed by atoms with E-state index in [0.29, 0.717) is 0 Å². The van der Waals surface area contributed by atoms with Gasteiger partial charge in [0.2, 0.25) is 0 Å². The molecule has 0 amide bonds. The van der Waals surface area contributed by atoms with Gasteiger partial charge in [0.05, 0.1) is 6.61 Å². The van der Waals surface area contributed by atoms with Gasteiger partial charge in [-0.25, -0.2) is 0 Å². The lowest BCUT2D eigenvalue weighted by atomic mass is 10.1. The van der Waals surface area contributed by atoms with E-state index >= 15 is 0 Å². The smallest absolute Gasteiger partial charge is 0.0590 e. The zero-order valence-corrected chi connectivity index (χ0v) is 10.1. The number of hydrogen-bond acceptors (Lipinski definition) is 3. The van der Waals surface area contributed by atoms with Crippen molar-refractivity contribution in [2.24, 2.45) is 0 Å². The van der Waals surface area contributed by atoms with E-state index in [9.17, 15) is 0 Å². The van der Waals surface area contributed by atoms with Crippen LogP contribution in [0.4, 0.5) is 0 Å². The molecule has 15 heavy (non-hydrogen) atoms. The maximum absolute atomic E-state index is 5.26. The van der Waals surface area contributed by atoms with Gasteiger partial charge in [0.1, 0.15) is 0 Å². The minimum atomic E-state index is 0.829. The molecule has 1 heterocycles. The monoisotopic (exact) mass is 214 g/mol. The first-order valence-electron chi connectivity index (χ1n) is 6.44. The van der Waals surface area contributed by atoms with Crippen molar-refractivity contribution in [1.82, 2.24) is 10.2 Å². The van der Waals surface area contributed by atoms with Crippen LogP contribution in [0.3, 0.4) is 0 Å². The second-order valence-corrected chi connectivity index (χ2v) is 4.20. The topological polar surface area (TPSA) is 24.5 Å². The lowest BCUT2D eigenvalue weighted by Gasteiger charge is -2.26. The standard InChI is InChI=1S/C12H26N2O/c1-2-15-12-8-13-7-6-11-14-9-4-3-5-10-14/h13H,2-12H2,1H3. The minimum absolute atomic E-state index is 0.829. The SMILES string of the molecule is CCOCCNCCCN1CCCCC1. The summed E-state index contributed by atoms with van der Waals surface area (Å²) in [5, 5.41) is 3.41. The van der Waals surface area contributed by atoms with Gasteiger partial charge in [-0.3, -0.25) is 0 Å². The Morgan fingerprint density at radius 3 is 2.67 bits per heavy atom. The van der Waals surface area contributed by atoms with Crippen molar-refractivity contribution < 1.29 is 4.74 Å². The van der Waals surface area contributed by atoms with Gasteiger partial charge in [0.15, 0.2) is 0 Å². The highest BCUT2D eigenvalue weighted by atomic mass is 16.5. The second-order valence-electron chi connectivity index (χ2n) is 4.20. The van der Waals surface area contributed by atoms with Crippen LogP contribution >= 0.6 is 0 Å². The third-order valence-corrected chi connectivity index (χ3v) is 2.90. The molecule has 0 atom stereocenters. The molecule has 1 saturated heterocycles. The summed E-state index contributed by atoms with van der Waals surface area (Å²) in [6, 6.07) is 0. The Kier molecular flexibility index (Phi) is 7.88. The summed E-state index contributed by atoms with van der Waals surface area (Å²) in [6.45, 7) is 9.74. The lowest BCUT2D eigenvalue weighted by Crippen LogP contribution is -2.32. The van der Waals surface area contributed by atoms with Gasteiger partial charge in [-0.05, 0) is 52.4 Å². The zero-order valence-electron chi connectivity index (χ0n) is 10.1. The molecule has 3 heteroatoms. The number of piperidine rings is 1. The Hall–Kier alpha value is -0.120. The number of hydrogen-bond donors (Lipinski definition) is 1. The van der Waals surface area contributed by atoms with E-state index in [0.717, 1.165) is 26.3 Å². The van der Waals surface area contributed by atoms with Crippen molar-refractivity contribution in [2.75, 3.05) is 45.9 Å². The molecular formula is C12H26N2O. The highest BCUT2D eigenvalue weighted by Gasteiger charge is 2.08. The quantitative estimate of drug-likeness (QED) is 0.620. The highest BCUT2D eigenvalue weighted by molar-refractivity contribution is 4.64. The normalized spacial score (nSPS) is 18.2. The van der Waals surface area contributed by atoms with Crippen molar-refractivity contribution >= 4 is 0 Å². The van der Waals surface area contributed by atoms with Gasteiger partial charge in [-0.1, -0.05) is 6.42 Å². The predicted molar refractivity (Wildman–Crippen MR) is 64.3 cm³/mol. The third kappa shape index (κ3) is 6.88. The maximum atomic E-state index is 5.26. The first-order valence-corrected chi connectivity index (χ1v) is 6.44. The molecule has 0 aromatic rings. The molecule has 1 aliphatic rings. The van der Waals surface area contributed by atoms with Crippen molar-refractivity contribution in [3.05, 3.63) is 0 Å². The molecule has 0 radical (unpaired) electrons. The largest absolute Gasteiger partial charge is 0.380 e. The Labute approximate surface area is 94.2 Å². The van der Waals surface area contributed by atoms with E-state index in [4.69, 9.17) is 4.74 Å². The Bertz CT molecular complexity index is 136. The zero-order chi connectivity index (χ0) is 10.8. The fraction of sp³-hybridized carbons (Fsp3) is 1.00. The molecule has 1 fully saturated rings. The van der Waals surface area contributed by atoms with Gasteiger partial charge in [0, 0.05) is 13.2 Å². The van der Waals surface area contributed by atoms with Crippen molar-refractivity contribution in [3.8, 4) is 0 Å². The average Bonchev–Trinajstić information content (AvgIpc) is 2.29. The van der Waals surface area contributed by atoms with Crippen LogP contribution in [-0.4, -0.2) is 50.8 Å². The number of ether oxygens (including phenoxy) is 1. The number of rotatable bonds is 8. The van der Waals surface area contributed by atoms with Crippen molar-refractivity contribution in [3.63, 3.8) is 0 Å². The first-order chi connectivity index (χ1) is 7.43. The minimum Gasteiger partial charge on any atom is -0.380 e. The van der Waals surface area contributed by atoms with Gasteiger partial charge >= 0.3 is 0 Å². The molecule has 0 spiro atoms. The molecule has 1 rings (SSSR count). The highest BCUT2D eigenvalue weighted by Crippen LogP contribution is 2.08. The number of nitrogens with zero attached hydrogens (tertiary/aromatic N) is 1. The fourth-order valence-corrected chi connectivity index (χ4v) is 2.02. The molecule has 0 saturated carbocycles. The molecule has 0 aromatic heterocycles. The van der Waals surface area contributed by atoms with E-state index in [1.54, 1.807) is 0 Å². The van der Waals surface area contributed by atoms with Gasteiger partial charge in [-0.15, -0.1) is 0 Å². The predicted octanol–water partition coefficient (Wildman–Crippen LogP) is 1.49. The van der Waals surface area contributed by atoms with Crippen molar-refractivity contribution in [1.29, 1.82) is 0 Å². The molecule has 3 nitrogen and oxygen atoms in total. The summed E-state index contributed by atoms with van der Waals surface area (Å²) >= 11 is 0.